The van der Waals surface area contributed by atoms with E-state index >= 15 is 0 Å². The number of nitrogen functional groups attached to an aromatic ring is 1. The molecule has 0 saturated carbocycles. The van der Waals surface area contributed by atoms with E-state index < -0.39 is 11.7 Å². The lowest BCUT2D eigenvalue weighted by atomic mass is 10.1. The van der Waals surface area contributed by atoms with Gasteiger partial charge in [-0.2, -0.15) is 5.10 Å². The van der Waals surface area contributed by atoms with Crippen molar-refractivity contribution in [1.29, 1.82) is 0 Å². The molecule has 0 unspecified atom stereocenters. The maximum Gasteiger partial charge on any atom is 0.257 e. The molecule has 0 aliphatic carbocycles. The van der Waals surface area contributed by atoms with Gasteiger partial charge in [0.25, 0.3) is 5.91 Å². The summed E-state index contributed by atoms with van der Waals surface area (Å²) in [7, 11) is 1.77. The van der Waals surface area contributed by atoms with Gasteiger partial charge in [-0.05, 0) is 25.1 Å². The Bertz CT molecular complexity index is 1440. The number of aromatic nitrogens is 5. The molecule has 0 fully saturated rings. The predicted molar refractivity (Wildman–Crippen MR) is 116 cm³/mol. The Morgan fingerprint density at radius 2 is 2.06 bits per heavy atom. The van der Waals surface area contributed by atoms with Gasteiger partial charge in [0, 0.05) is 37.4 Å². The molecule has 4 aromatic heterocycles. The van der Waals surface area contributed by atoms with Crippen LogP contribution < -0.4 is 5.73 Å². The second-order valence-electron chi connectivity index (χ2n) is 7.39. The van der Waals surface area contributed by atoms with E-state index in [1.54, 1.807) is 22.8 Å². The summed E-state index contributed by atoms with van der Waals surface area (Å²) in [6, 6.07) is 8.49. The van der Waals surface area contributed by atoms with Crippen molar-refractivity contribution >= 4 is 39.2 Å². The number of benzene rings is 1. The summed E-state index contributed by atoms with van der Waals surface area (Å²) < 4.78 is 18.5. The van der Waals surface area contributed by atoms with Crippen molar-refractivity contribution in [3.63, 3.8) is 0 Å². The first-order valence-electron chi connectivity index (χ1n) is 9.88. The zero-order valence-electron chi connectivity index (χ0n) is 17.1. The number of anilines is 1. The van der Waals surface area contributed by atoms with Crippen LogP contribution in [-0.4, -0.2) is 41.5 Å². The summed E-state index contributed by atoms with van der Waals surface area (Å²) in [6.07, 6.45) is 5.38. The van der Waals surface area contributed by atoms with E-state index in [0.29, 0.717) is 28.4 Å². The highest BCUT2D eigenvalue weighted by Crippen LogP contribution is 2.29. The van der Waals surface area contributed by atoms with Crippen molar-refractivity contribution in [2.45, 2.75) is 13.5 Å². The predicted octanol–water partition coefficient (Wildman–Crippen LogP) is 3.15. The number of nitrogens with zero attached hydrogens (tertiary/aromatic N) is 6. The van der Waals surface area contributed by atoms with Gasteiger partial charge in [-0.25, -0.2) is 14.4 Å². The summed E-state index contributed by atoms with van der Waals surface area (Å²) in [6.45, 7) is 2.54. The van der Waals surface area contributed by atoms with Crippen LogP contribution in [0.15, 0.2) is 48.9 Å². The Morgan fingerprint density at radius 3 is 2.84 bits per heavy atom. The molecule has 5 aromatic rings. The van der Waals surface area contributed by atoms with Crippen LogP contribution >= 0.6 is 0 Å². The molecule has 0 aliphatic heterocycles. The molecule has 1 aromatic carbocycles. The van der Waals surface area contributed by atoms with Crippen LogP contribution in [0.25, 0.3) is 27.5 Å². The number of amides is 1. The van der Waals surface area contributed by atoms with Crippen LogP contribution in [0.3, 0.4) is 0 Å². The molecule has 9 heteroatoms. The number of hydrogen-bond donors (Lipinski definition) is 1. The number of fused-ring (bicyclic) bond motifs is 4. The minimum atomic E-state index is -0.639. The fourth-order valence-electron chi connectivity index (χ4n) is 3.90. The average Bonchev–Trinajstić information content (AvgIpc) is 3.35. The second kappa shape index (κ2) is 7.05. The standard InChI is InChI=1S/C22H20FN7O/c1-3-29(11-13-12-30-7-5-4-6-19(30)26-13)22(31)14-8-15-18(9-17(14)23)27-21(24)16-10-25-28(2)20(15)16/h4-10,12H,3,11H2,1-2H3,(H2,24,27). The van der Waals surface area contributed by atoms with Gasteiger partial charge in [0.05, 0.1) is 40.4 Å². The number of carbonyl (C=O) groups is 1. The Labute approximate surface area is 176 Å². The number of carbonyl (C=O) groups excluding carboxylic acids is 1. The van der Waals surface area contributed by atoms with Crippen molar-refractivity contribution in [2.75, 3.05) is 12.3 Å². The minimum absolute atomic E-state index is 0.0211. The smallest absolute Gasteiger partial charge is 0.257 e. The first-order valence-corrected chi connectivity index (χ1v) is 9.88. The molecule has 1 amide bonds. The Hall–Kier alpha value is -4.01. The molecule has 0 bridgehead atoms. The zero-order valence-corrected chi connectivity index (χ0v) is 17.1. The molecule has 0 atom stereocenters. The van der Waals surface area contributed by atoms with Crippen LogP contribution in [0.5, 0.6) is 0 Å². The minimum Gasteiger partial charge on any atom is -0.383 e. The van der Waals surface area contributed by atoms with Gasteiger partial charge >= 0.3 is 0 Å². The van der Waals surface area contributed by atoms with Gasteiger partial charge in [-0.1, -0.05) is 6.07 Å². The van der Waals surface area contributed by atoms with E-state index in [9.17, 15) is 9.18 Å². The van der Waals surface area contributed by atoms with Crippen LogP contribution in [0.1, 0.15) is 23.0 Å². The molecule has 2 N–H and O–H groups in total. The van der Waals surface area contributed by atoms with Crippen LogP contribution in [-0.2, 0) is 13.6 Å². The third-order valence-corrected chi connectivity index (χ3v) is 5.46. The molecule has 0 spiro atoms. The van der Waals surface area contributed by atoms with E-state index in [2.05, 4.69) is 15.1 Å². The molecule has 5 rings (SSSR count). The molecule has 8 nitrogen and oxygen atoms in total. The molecule has 4 heterocycles. The quantitative estimate of drug-likeness (QED) is 0.485. The molecule has 31 heavy (non-hydrogen) atoms. The Morgan fingerprint density at radius 1 is 1.23 bits per heavy atom. The summed E-state index contributed by atoms with van der Waals surface area (Å²) in [4.78, 5) is 23.7. The highest BCUT2D eigenvalue weighted by atomic mass is 19.1. The molecule has 0 radical (unpaired) electrons. The van der Waals surface area contributed by atoms with Crippen LogP contribution in [0.4, 0.5) is 10.2 Å². The lowest BCUT2D eigenvalue weighted by Gasteiger charge is -2.20. The van der Waals surface area contributed by atoms with Gasteiger partial charge in [0.2, 0.25) is 0 Å². The van der Waals surface area contributed by atoms with Gasteiger partial charge in [-0.15, -0.1) is 0 Å². The first-order chi connectivity index (χ1) is 15.0. The fourth-order valence-corrected chi connectivity index (χ4v) is 3.90. The second-order valence-corrected chi connectivity index (χ2v) is 7.39. The summed E-state index contributed by atoms with van der Waals surface area (Å²) >= 11 is 0. The van der Waals surface area contributed by atoms with Crippen molar-refractivity contribution in [3.8, 4) is 0 Å². The zero-order chi connectivity index (χ0) is 21.7. The lowest BCUT2D eigenvalue weighted by molar-refractivity contribution is 0.0746. The number of nitrogens with two attached hydrogens (primary N) is 1. The van der Waals surface area contributed by atoms with Crippen molar-refractivity contribution in [1.82, 2.24) is 29.0 Å². The van der Waals surface area contributed by atoms with Gasteiger partial charge in [0.1, 0.15) is 17.3 Å². The number of hydrogen-bond acceptors (Lipinski definition) is 5. The number of aryl methyl sites for hydroxylation is 1. The van der Waals surface area contributed by atoms with E-state index in [4.69, 9.17) is 5.73 Å². The van der Waals surface area contributed by atoms with E-state index in [1.165, 1.54) is 12.1 Å². The van der Waals surface area contributed by atoms with Crippen LogP contribution in [0.2, 0.25) is 0 Å². The van der Waals surface area contributed by atoms with Gasteiger partial charge in [-0.3, -0.25) is 9.48 Å². The van der Waals surface area contributed by atoms with Crippen molar-refractivity contribution < 1.29 is 9.18 Å². The largest absolute Gasteiger partial charge is 0.383 e. The average molecular weight is 417 g/mol. The maximum absolute atomic E-state index is 15.0. The van der Waals surface area contributed by atoms with Crippen LogP contribution in [0, 0.1) is 5.82 Å². The highest BCUT2D eigenvalue weighted by Gasteiger charge is 2.22. The fraction of sp³-hybridized carbons (Fsp3) is 0.182. The number of pyridine rings is 2. The molecule has 156 valence electrons. The number of halogens is 1. The first kappa shape index (κ1) is 19.0. The topological polar surface area (TPSA) is 94.3 Å². The van der Waals surface area contributed by atoms with Gasteiger partial charge in [0.15, 0.2) is 0 Å². The monoisotopic (exact) mass is 417 g/mol. The summed E-state index contributed by atoms with van der Waals surface area (Å²) in [5.74, 6) is -0.776. The maximum atomic E-state index is 15.0. The van der Waals surface area contributed by atoms with Gasteiger partial charge < -0.3 is 15.0 Å². The molecule has 0 saturated heterocycles. The Kier molecular flexibility index (Phi) is 4.32. The van der Waals surface area contributed by atoms with E-state index in [-0.39, 0.29) is 17.9 Å². The SMILES string of the molecule is CCN(Cc1cn2ccccc2n1)C(=O)c1cc2c(cc1F)nc(N)c1cnn(C)c12. The summed E-state index contributed by atoms with van der Waals surface area (Å²) in [5, 5.41) is 5.52. The molecular formula is C22H20FN7O. The molecular weight excluding hydrogens is 397 g/mol. The lowest BCUT2D eigenvalue weighted by Crippen LogP contribution is -2.31. The third kappa shape index (κ3) is 3.05. The highest BCUT2D eigenvalue weighted by molar-refractivity contribution is 6.10. The number of imidazole rings is 1. The number of rotatable bonds is 4. The normalized spacial score (nSPS) is 11.6. The third-order valence-electron chi connectivity index (χ3n) is 5.46. The van der Waals surface area contributed by atoms with E-state index in [0.717, 1.165) is 11.3 Å². The van der Waals surface area contributed by atoms with Crippen molar-refractivity contribution in [2.24, 2.45) is 7.05 Å². The Balaban J connectivity index is 1.57. The van der Waals surface area contributed by atoms with Crippen molar-refractivity contribution in [3.05, 3.63) is 66.0 Å². The van der Waals surface area contributed by atoms with E-state index in [1.807, 2.05) is 41.9 Å². The molecule has 0 aliphatic rings. The summed E-state index contributed by atoms with van der Waals surface area (Å²) in [5.41, 5.74) is 8.59.